The monoisotopic (exact) mass is 303 g/mol. The highest BCUT2D eigenvalue weighted by atomic mass is 32.2. The van der Waals surface area contributed by atoms with Crippen LogP contribution in [0.25, 0.3) is 0 Å². The number of benzene rings is 1. The Morgan fingerprint density at radius 2 is 2.05 bits per heavy atom. The van der Waals surface area contributed by atoms with Gasteiger partial charge in [-0.1, -0.05) is 11.8 Å². The molecule has 0 unspecified atom stereocenters. The largest absolute Gasteiger partial charge is 0.361 e. The van der Waals surface area contributed by atoms with E-state index in [-0.39, 0.29) is 10.6 Å². The number of nitro benzene ring substituents is 1. The highest BCUT2D eigenvalue weighted by Gasteiger charge is 2.25. The van der Waals surface area contributed by atoms with Crippen molar-refractivity contribution in [1.29, 1.82) is 0 Å². The van der Waals surface area contributed by atoms with Gasteiger partial charge in [-0.25, -0.2) is 9.97 Å². The van der Waals surface area contributed by atoms with Crippen molar-refractivity contribution in [2.75, 3.05) is 24.3 Å². The average Bonchev–Trinajstić information content (AvgIpc) is 2.44. The van der Waals surface area contributed by atoms with Gasteiger partial charge >= 0.3 is 0 Å². The van der Waals surface area contributed by atoms with E-state index in [0.29, 0.717) is 0 Å². The minimum atomic E-state index is -0.380. The van der Waals surface area contributed by atoms with Gasteiger partial charge in [0.05, 0.1) is 10.6 Å². The topological polar surface area (TPSA) is 84.2 Å². The van der Waals surface area contributed by atoms with Gasteiger partial charge in [0.2, 0.25) is 0 Å². The molecule has 0 spiro atoms. The van der Waals surface area contributed by atoms with E-state index < -0.39 is 0 Å². The Kier molecular flexibility index (Phi) is 3.17. The summed E-state index contributed by atoms with van der Waals surface area (Å²) in [5.41, 5.74) is 2.62. The highest BCUT2D eigenvalue weighted by Crippen LogP contribution is 2.48. The average molecular weight is 303 g/mol. The van der Waals surface area contributed by atoms with E-state index >= 15 is 0 Å². The van der Waals surface area contributed by atoms with Crippen molar-refractivity contribution in [3.8, 4) is 0 Å². The lowest BCUT2D eigenvalue weighted by Crippen LogP contribution is -2.15. The lowest BCUT2D eigenvalue weighted by Gasteiger charge is -2.25. The van der Waals surface area contributed by atoms with Crippen LogP contribution in [-0.2, 0) is 0 Å². The second-order valence-electron chi connectivity index (χ2n) is 4.89. The third-order valence-corrected chi connectivity index (χ3v) is 4.21. The molecule has 21 heavy (non-hydrogen) atoms. The third kappa shape index (κ3) is 2.27. The fraction of sp³-hybridized carbons (Fsp3) is 0.231. The predicted octanol–water partition coefficient (Wildman–Crippen LogP) is 2.97. The van der Waals surface area contributed by atoms with Gasteiger partial charge in [-0.3, -0.25) is 10.1 Å². The zero-order chi connectivity index (χ0) is 15.1. The molecular weight excluding hydrogens is 290 g/mol. The van der Waals surface area contributed by atoms with Gasteiger partial charge in [0.1, 0.15) is 17.0 Å². The van der Waals surface area contributed by atoms with E-state index in [4.69, 9.17) is 0 Å². The van der Waals surface area contributed by atoms with Gasteiger partial charge in [0.25, 0.3) is 5.69 Å². The number of nitrogens with one attached hydrogen (secondary N) is 1. The van der Waals surface area contributed by atoms with Crippen molar-refractivity contribution in [1.82, 2.24) is 9.97 Å². The van der Waals surface area contributed by atoms with Gasteiger partial charge in [-0.2, -0.15) is 0 Å². The lowest BCUT2D eigenvalue weighted by atomic mass is 10.1. The van der Waals surface area contributed by atoms with Crippen LogP contribution in [0.5, 0.6) is 0 Å². The summed E-state index contributed by atoms with van der Waals surface area (Å²) < 4.78 is 0. The maximum Gasteiger partial charge on any atom is 0.270 e. The number of rotatable bonds is 2. The van der Waals surface area contributed by atoms with Crippen LogP contribution in [0.1, 0.15) is 5.56 Å². The van der Waals surface area contributed by atoms with Crippen molar-refractivity contribution in [2.24, 2.45) is 0 Å². The molecule has 0 atom stereocenters. The van der Waals surface area contributed by atoms with Gasteiger partial charge in [-0.05, 0) is 12.5 Å². The molecular formula is C13H13N5O2S. The molecule has 2 aromatic rings. The number of fused-ring (bicyclic) bond motifs is 2. The molecule has 0 saturated carbocycles. The van der Waals surface area contributed by atoms with E-state index in [1.165, 1.54) is 18.1 Å². The summed E-state index contributed by atoms with van der Waals surface area (Å²) in [6.07, 6.45) is 1.50. The number of hydrogen-bond acceptors (Lipinski definition) is 7. The third-order valence-electron chi connectivity index (χ3n) is 3.17. The highest BCUT2D eigenvalue weighted by molar-refractivity contribution is 7.99. The molecule has 1 aliphatic heterocycles. The maximum absolute atomic E-state index is 11.0. The van der Waals surface area contributed by atoms with Gasteiger partial charge in [-0.15, -0.1) is 0 Å². The molecule has 0 bridgehead atoms. The molecule has 0 radical (unpaired) electrons. The summed E-state index contributed by atoms with van der Waals surface area (Å²) in [5, 5.41) is 15.1. The number of nitrogens with zero attached hydrogens (tertiary/aromatic N) is 4. The second-order valence-corrected chi connectivity index (χ2v) is 5.92. The van der Waals surface area contributed by atoms with E-state index in [1.807, 2.05) is 25.9 Å². The molecule has 0 saturated heterocycles. The van der Waals surface area contributed by atoms with Crippen LogP contribution in [0, 0.1) is 17.0 Å². The summed E-state index contributed by atoms with van der Waals surface area (Å²) in [7, 11) is 3.82. The summed E-state index contributed by atoms with van der Waals surface area (Å²) in [4.78, 5) is 21.8. The summed E-state index contributed by atoms with van der Waals surface area (Å²) >= 11 is 1.42. The minimum absolute atomic E-state index is 0.0888. The van der Waals surface area contributed by atoms with Gasteiger partial charge in [0.15, 0.2) is 5.82 Å². The summed E-state index contributed by atoms with van der Waals surface area (Å²) in [5.74, 6) is 0.788. The van der Waals surface area contributed by atoms with Crippen LogP contribution >= 0.6 is 11.8 Å². The Labute approximate surface area is 125 Å². The Hall–Kier alpha value is -2.35. The Bertz CT molecular complexity index is 748. The van der Waals surface area contributed by atoms with Crippen molar-refractivity contribution < 1.29 is 4.92 Å². The fourth-order valence-electron chi connectivity index (χ4n) is 2.20. The maximum atomic E-state index is 11.0. The van der Waals surface area contributed by atoms with Gasteiger partial charge < -0.3 is 10.2 Å². The molecule has 1 aromatic heterocycles. The Morgan fingerprint density at radius 3 is 2.71 bits per heavy atom. The molecule has 0 amide bonds. The standard InChI is InChI=1S/C13H13N5O2S/c1-7-4-8(18(19)20)5-9-10(7)16-11-12(17(2)3)14-6-15-13(11)21-9/h4-6,16H,1-3H3. The SMILES string of the molecule is Cc1cc([N+](=O)[O-])cc2c1Nc1c(ncnc1N(C)C)S2. The zero-order valence-corrected chi connectivity index (χ0v) is 12.6. The molecule has 8 heteroatoms. The van der Waals surface area contributed by atoms with Crippen molar-refractivity contribution in [2.45, 2.75) is 16.8 Å². The molecule has 108 valence electrons. The fourth-order valence-corrected chi connectivity index (χ4v) is 3.24. The molecule has 2 heterocycles. The number of nitro groups is 1. The molecule has 1 N–H and O–H groups in total. The molecule has 0 fully saturated rings. The Morgan fingerprint density at radius 1 is 1.29 bits per heavy atom. The number of anilines is 3. The molecule has 0 aliphatic carbocycles. The normalized spacial score (nSPS) is 12.1. The second kappa shape index (κ2) is 4.88. The first-order valence-electron chi connectivity index (χ1n) is 6.23. The first-order valence-corrected chi connectivity index (χ1v) is 7.05. The quantitative estimate of drug-likeness (QED) is 0.442. The minimum Gasteiger partial charge on any atom is -0.361 e. The number of aromatic nitrogens is 2. The van der Waals surface area contributed by atoms with Crippen LogP contribution in [0.15, 0.2) is 28.4 Å². The molecule has 7 nitrogen and oxygen atoms in total. The van der Waals surface area contributed by atoms with E-state index in [1.54, 1.807) is 12.1 Å². The summed E-state index contributed by atoms with van der Waals surface area (Å²) in [6.45, 7) is 1.85. The van der Waals surface area contributed by atoms with Crippen LogP contribution in [-0.4, -0.2) is 29.0 Å². The molecule has 1 aliphatic rings. The van der Waals surface area contributed by atoms with Crippen LogP contribution in [0.2, 0.25) is 0 Å². The first-order chi connectivity index (χ1) is 9.97. The van der Waals surface area contributed by atoms with Gasteiger partial charge in [0, 0.05) is 31.1 Å². The van der Waals surface area contributed by atoms with Crippen LogP contribution in [0.4, 0.5) is 22.9 Å². The molecule has 1 aromatic carbocycles. The number of non-ortho nitro benzene ring substituents is 1. The van der Waals surface area contributed by atoms with Crippen molar-refractivity contribution >= 4 is 34.6 Å². The zero-order valence-electron chi connectivity index (χ0n) is 11.7. The summed E-state index contributed by atoms with van der Waals surface area (Å²) in [6, 6.07) is 3.14. The van der Waals surface area contributed by atoms with Crippen LogP contribution < -0.4 is 10.2 Å². The van der Waals surface area contributed by atoms with E-state index in [0.717, 1.165) is 32.7 Å². The smallest absolute Gasteiger partial charge is 0.270 e. The van der Waals surface area contributed by atoms with E-state index in [2.05, 4.69) is 15.3 Å². The lowest BCUT2D eigenvalue weighted by molar-refractivity contribution is -0.385. The number of aryl methyl sites for hydroxylation is 1. The first kappa shape index (κ1) is 13.6. The van der Waals surface area contributed by atoms with E-state index in [9.17, 15) is 10.1 Å². The van der Waals surface area contributed by atoms with Crippen molar-refractivity contribution in [3.63, 3.8) is 0 Å². The van der Waals surface area contributed by atoms with Crippen molar-refractivity contribution in [3.05, 3.63) is 34.1 Å². The molecule has 3 rings (SSSR count). The predicted molar refractivity (Wildman–Crippen MR) is 81.6 cm³/mol. The number of hydrogen-bond donors (Lipinski definition) is 1. The Balaban J connectivity index is 2.12. The van der Waals surface area contributed by atoms with Crippen LogP contribution in [0.3, 0.4) is 0 Å².